The first-order valence-electron chi connectivity index (χ1n) is 14.3. The summed E-state index contributed by atoms with van der Waals surface area (Å²) in [7, 11) is 2.06. The first-order chi connectivity index (χ1) is 21.7. The van der Waals surface area contributed by atoms with Crippen molar-refractivity contribution in [1.82, 2.24) is 29.9 Å². The molecule has 0 unspecified atom stereocenters. The maximum atomic E-state index is 5.01. The predicted molar refractivity (Wildman–Crippen MR) is 178 cm³/mol. The van der Waals surface area contributed by atoms with Gasteiger partial charge in [-0.2, -0.15) is 19.9 Å². The van der Waals surface area contributed by atoms with E-state index in [9.17, 15) is 0 Å². The normalized spacial score (nSPS) is 10.8. The minimum absolute atomic E-state index is 0.394. The molecular weight excluding hydrogens is 541 g/mol. The van der Waals surface area contributed by atoms with Crippen molar-refractivity contribution in [2.45, 2.75) is 0 Å². The molecule has 0 bridgehead atoms. The van der Waals surface area contributed by atoms with Crippen LogP contribution in [0.2, 0.25) is 0 Å². The Labute approximate surface area is 256 Å². The third-order valence-corrected chi connectivity index (χ3v) is 7.07. The molecule has 208 valence electrons. The molecule has 7 nitrogen and oxygen atoms in total. The molecule has 2 aromatic heterocycles. The molecule has 2 heterocycles. The Hall–Kier alpha value is -6.02. The van der Waals surface area contributed by atoms with Gasteiger partial charge in [0, 0.05) is 22.3 Å². The summed E-state index contributed by atoms with van der Waals surface area (Å²) in [5.74, 6) is 2.98. The molecule has 0 N–H and O–H groups in total. The first-order valence-corrected chi connectivity index (χ1v) is 14.3. The maximum Gasteiger partial charge on any atom is 0.241 e. The van der Waals surface area contributed by atoms with Crippen molar-refractivity contribution in [1.29, 1.82) is 0 Å². The lowest BCUT2D eigenvalue weighted by Gasteiger charge is -2.23. The highest BCUT2D eigenvalue weighted by molar-refractivity contribution is 6.32. The zero-order chi connectivity index (χ0) is 29.7. The van der Waals surface area contributed by atoms with Gasteiger partial charge < -0.3 is 0 Å². The SMILES string of the molecule is Bc1ccc(N(c2nc(-c3ccccc3)nc(-c3ccccc3)n2)c2nc(-c3ccccc3)nc(-c3ccccc3)n2)cc1. The van der Waals surface area contributed by atoms with Crippen molar-refractivity contribution < 1.29 is 0 Å². The van der Waals surface area contributed by atoms with Crippen molar-refractivity contribution >= 4 is 30.9 Å². The fourth-order valence-corrected chi connectivity index (χ4v) is 4.81. The van der Waals surface area contributed by atoms with Gasteiger partial charge in [0.1, 0.15) is 7.85 Å². The van der Waals surface area contributed by atoms with E-state index in [1.54, 1.807) is 0 Å². The summed E-state index contributed by atoms with van der Waals surface area (Å²) >= 11 is 0. The van der Waals surface area contributed by atoms with Gasteiger partial charge >= 0.3 is 0 Å². The average molecular weight is 567 g/mol. The van der Waals surface area contributed by atoms with Gasteiger partial charge in [0.25, 0.3) is 0 Å². The van der Waals surface area contributed by atoms with Gasteiger partial charge in [0.15, 0.2) is 23.3 Å². The third-order valence-electron chi connectivity index (χ3n) is 7.07. The van der Waals surface area contributed by atoms with Crippen molar-refractivity contribution in [3.63, 3.8) is 0 Å². The molecule has 0 radical (unpaired) electrons. The quantitative estimate of drug-likeness (QED) is 0.205. The molecule has 0 aliphatic rings. The number of rotatable bonds is 7. The van der Waals surface area contributed by atoms with Crippen LogP contribution in [0.3, 0.4) is 0 Å². The Morgan fingerprint density at radius 2 is 0.636 bits per heavy atom. The van der Waals surface area contributed by atoms with Gasteiger partial charge in [-0.05, 0) is 12.1 Å². The van der Waals surface area contributed by atoms with E-state index in [4.69, 9.17) is 29.9 Å². The van der Waals surface area contributed by atoms with Crippen LogP contribution in [0.15, 0.2) is 146 Å². The van der Waals surface area contributed by atoms with Crippen molar-refractivity contribution in [2.75, 3.05) is 4.90 Å². The molecule has 7 rings (SSSR count). The number of hydrogen-bond acceptors (Lipinski definition) is 7. The third kappa shape index (κ3) is 5.69. The van der Waals surface area contributed by atoms with Crippen LogP contribution >= 0.6 is 0 Å². The molecule has 0 fully saturated rings. The van der Waals surface area contributed by atoms with Crippen LogP contribution in [-0.2, 0) is 0 Å². The lowest BCUT2D eigenvalue weighted by molar-refractivity contribution is 0.964. The Balaban J connectivity index is 1.50. The zero-order valence-corrected chi connectivity index (χ0v) is 24.0. The van der Waals surface area contributed by atoms with Gasteiger partial charge in [-0.15, -0.1) is 0 Å². The maximum absolute atomic E-state index is 5.01. The topological polar surface area (TPSA) is 80.6 Å². The summed E-state index contributed by atoms with van der Waals surface area (Å²) in [6.45, 7) is 0. The second-order valence-corrected chi connectivity index (χ2v) is 10.2. The number of hydrogen-bond donors (Lipinski definition) is 0. The van der Waals surface area contributed by atoms with E-state index in [-0.39, 0.29) is 0 Å². The largest absolute Gasteiger partial charge is 0.246 e. The zero-order valence-electron chi connectivity index (χ0n) is 24.0. The fraction of sp³-hybridized carbons (Fsp3) is 0. The van der Waals surface area contributed by atoms with E-state index in [1.807, 2.05) is 138 Å². The summed E-state index contributed by atoms with van der Waals surface area (Å²) < 4.78 is 0. The van der Waals surface area contributed by atoms with E-state index >= 15 is 0 Å². The van der Waals surface area contributed by atoms with Crippen molar-refractivity contribution in [3.8, 4) is 45.6 Å². The molecule has 44 heavy (non-hydrogen) atoms. The predicted octanol–water partition coefficient (Wildman–Crippen LogP) is 6.45. The van der Waals surface area contributed by atoms with E-state index < -0.39 is 0 Å². The minimum atomic E-state index is 0.394. The van der Waals surface area contributed by atoms with Crippen LogP contribution in [0.5, 0.6) is 0 Å². The van der Waals surface area contributed by atoms with Gasteiger partial charge in [-0.1, -0.05) is 139 Å². The Morgan fingerprint density at radius 3 is 0.932 bits per heavy atom. The van der Waals surface area contributed by atoms with Gasteiger partial charge in [0.2, 0.25) is 11.9 Å². The Kier molecular flexibility index (Phi) is 7.37. The highest BCUT2D eigenvalue weighted by atomic mass is 15.4. The van der Waals surface area contributed by atoms with Gasteiger partial charge in [0.05, 0.1) is 5.69 Å². The summed E-state index contributed by atoms with van der Waals surface area (Å²) in [5.41, 5.74) is 5.45. The minimum Gasteiger partial charge on any atom is -0.246 e. The molecule has 0 spiro atoms. The summed E-state index contributed by atoms with van der Waals surface area (Å²) in [4.78, 5) is 31.7. The molecule has 0 aliphatic heterocycles. The molecule has 0 atom stereocenters. The van der Waals surface area contributed by atoms with E-state index in [2.05, 4.69) is 20.0 Å². The Bertz CT molecular complexity index is 1760. The van der Waals surface area contributed by atoms with E-state index in [1.165, 1.54) is 0 Å². The molecule has 0 amide bonds. The monoisotopic (exact) mass is 567 g/mol. The van der Waals surface area contributed by atoms with Gasteiger partial charge in [-0.25, -0.2) is 14.9 Å². The highest BCUT2D eigenvalue weighted by Gasteiger charge is 2.24. The average Bonchev–Trinajstić information content (AvgIpc) is 3.10. The lowest BCUT2D eigenvalue weighted by Crippen LogP contribution is -2.19. The number of benzene rings is 5. The molecule has 0 aliphatic carbocycles. The van der Waals surface area contributed by atoms with E-state index in [0.717, 1.165) is 33.4 Å². The van der Waals surface area contributed by atoms with Crippen molar-refractivity contribution in [3.05, 3.63) is 146 Å². The standard InChI is InChI=1S/C36H26BN7/c37-29-21-23-30(24-22-29)44(35-40-31(25-13-5-1-6-14-25)38-32(41-35)26-15-7-2-8-16-26)36-42-33(27-17-9-3-10-18-27)39-34(43-36)28-19-11-4-12-20-28/h1-24H,37H2. The number of anilines is 3. The first kappa shape index (κ1) is 26.9. The van der Waals surface area contributed by atoms with Gasteiger partial charge in [-0.3, -0.25) is 0 Å². The van der Waals surface area contributed by atoms with E-state index in [0.29, 0.717) is 35.2 Å². The summed E-state index contributed by atoms with van der Waals surface area (Å²) in [6, 6.07) is 47.8. The van der Waals surface area contributed by atoms with Crippen LogP contribution in [0.25, 0.3) is 45.6 Å². The highest BCUT2D eigenvalue weighted by Crippen LogP contribution is 2.34. The summed E-state index contributed by atoms with van der Waals surface area (Å²) in [5, 5.41) is 0. The second kappa shape index (κ2) is 12.1. The smallest absolute Gasteiger partial charge is 0.241 e. The molecule has 7 aromatic rings. The Morgan fingerprint density at radius 1 is 0.341 bits per heavy atom. The second-order valence-electron chi connectivity index (χ2n) is 10.2. The molecule has 8 heteroatoms. The fourth-order valence-electron chi connectivity index (χ4n) is 4.81. The van der Waals surface area contributed by atoms with Crippen molar-refractivity contribution in [2.24, 2.45) is 0 Å². The molecule has 0 saturated heterocycles. The summed E-state index contributed by atoms with van der Waals surface area (Å²) in [6.07, 6.45) is 0. The number of aromatic nitrogens is 6. The molecule has 0 saturated carbocycles. The molecule has 5 aromatic carbocycles. The van der Waals surface area contributed by atoms with Crippen LogP contribution in [0.4, 0.5) is 17.6 Å². The van der Waals surface area contributed by atoms with Crippen LogP contribution in [-0.4, -0.2) is 37.8 Å². The van der Waals surface area contributed by atoms with Crippen LogP contribution in [0, 0.1) is 0 Å². The lowest BCUT2D eigenvalue weighted by atomic mass is 9.96. The van der Waals surface area contributed by atoms with Crippen LogP contribution < -0.4 is 10.4 Å². The number of nitrogens with zero attached hydrogens (tertiary/aromatic N) is 7. The molecular formula is C36H26BN7. The van der Waals surface area contributed by atoms with Crippen LogP contribution in [0.1, 0.15) is 0 Å².